The second kappa shape index (κ2) is 13.3. The van der Waals surface area contributed by atoms with Gasteiger partial charge in [0.1, 0.15) is 12.1 Å². The summed E-state index contributed by atoms with van der Waals surface area (Å²) in [6.07, 6.45) is 2.16. The van der Waals surface area contributed by atoms with Crippen LogP contribution in [0.15, 0.2) is 59.2 Å². The molecule has 1 aliphatic heterocycles. The van der Waals surface area contributed by atoms with E-state index >= 15 is 0 Å². The van der Waals surface area contributed by atoms with Gasteiger partial charge in [0, 0.05) is 56.3 Å². The maximum absolute atomic E-state index is 13.2. The van der Waals surface area contributed by atoms with Gasteiger partial charge in [0.15, 0.2) is 9.34 Å². The number of carbonyl (C=O) groups excluding carboxylic acids is 1. The summed E-state index contributed by atoms with van der Waals surface area (Å²) in [5, 5.41) is 7.08. The highest BCUT2D eigenvalue weighted by molar-refractivity contribution is 7.91. The fourth-order valence-corrected chi connectivity index (χ4v) is 7.75. The van der Waals surface area contributed by atoms with Crippen LogP contribution in [0.4, 0.5) is 15.7 Å². The molecule has 1 aliphatic rings. The van der Waals surface area contributed by atoms with Crippen LogP contribution >= 0.6 is 11.3 Å². The van der Waals surface area contributed by atoms with Gasteiger partial charge in [-0.2, -0.15) is 4.31 Å². The molecule has 14 heteroatoms. The van der Waals surface area contributed by atoms with Crippen LogP contribution in [0.2, 0.25) is 0 Å². The molecule has 0 spiro atoms. The molecule has 43 heavy (non-hydrogen) atoms. The van der Waals surface area contributed by atoms with Crippen molar-refractivity contribution in [3.05, 3.63) is 60.6 Å². The number of hydrogen-bond donors (Lipinski definition) is 2. The molecule has 12 nitrogen and oxygen atoms in total. The minimum atomic E-state index is -3.71. The van der Waals surface area contributed by atoms with Crippen molar-refractivity contribution in [2.24, 2.45) is 0 Å². The van der Waals surface area contributed by atoms with E-state index in [1.54, 1.807) is 6.33 Å². The number of carbonyl (C=O) groups is 1. The Hall–Kier alpha value is -3.69. The number of thiazole rings is 1. The van der Waals surface area contributed by atoms with E-state index in [1.807, 2.05) is 12.1 Å². The van der Waals surface area contributed by atoms with Crippen LogP contribution in [0.25, 0.3) is 22.0 Å². The van der Waals surface area contributed by atoms with Crippen LogP contribution in [-0.4, -0.2) is 104 Å². The molecule has 0 radical (unpaired) electrons. The molecule has 1 amide bonds. The molecule has 228 valence electrons. The summed E-state index contributed by atoms with van der Waals surface area (Å²) in [6, 6.07) is 14.7. The van der Waals surface area contributed by atoms with Crippen molar-refractivity contribution in [3.63, 3.8) is 0 Å². The highest BCUT2D eigenvalue weighted by Crippen LogP contribution is 2.31. The lowest BCUT2D eigenvalue weighted by molar-refractivity contribution is 0.184. The van der Waals surface area contributed by atoms with Crippen molar-refractivity contribution in [1.29, 1.82) is 0 Å². The summed E-state index contributed by atoms with van der Waals surface area (Å²) in [7, 11) is 1.64. The van der Waals surface area contributed by atoms with E-state index in [0.29, 0.717) is 26.2 Å². The number of aromatic nitrogens is 3. The zero-order valence-corrected chi connectivity index (χ0v) is 26.3. The lowest BCUT2D eigenvalue weighted by atomic mass is 10.00. The number of piperazine rings is 1. The van der Waals surface area contributed by atoms with E-state index in [-0.39, 0.29) is 15.4 Å². The summed E-state index contributed by atoms with van der Waals surface area (Å²) in [5.41, 5.74) is 4.30. The molecular formula is C29H36N8O4S2. The Morgan fingerprint density at radius 1 is 1.09 bits per heavy atom. The van der Waals surface area contributed by atoms with E-state index in [9.17, 15) is 13.2 Å². The maximum atomic E-state index is 13.2. The molecule has 0 aliphatic carbocycles. The van der Waals surface area contributed by atoms with E-state index in [2.05, 4.69) is 91.5 Å². The summed E-state index contributed by atoms with van der Waals surface area (Å²) >= 11 is 0.903. The van der Waals surface area contributed by atoms with Crippen molar-refractivity contribution in [2.45, 2.75) is 23.7 Å². The van der Waals surface area contributed by atoms with Gasteiger partial charge in [-0.3, -0.25) is 10.2 Å². The first-order valence-electron chi connectivity index (χ1n) is 13.9. The first-order chi connectivity index (χ1) is 20.6. The summed E-state index contributed by atoms with van der Waals surface area (Å²) in [4.78, 5) is 29.0. The second-order valence-corrected chi connectivity index (χ2v) is 13.9. The lowest BCUT2D eigenvalue weighted by Gasteiger charge is -2.35. The van der Waals surface area contributed by atoms with Crippen LogP contribution in [0.1, 0.15) is 12.5 Å². The van der Waals surface area contributed by atoms with E-state index < -0.39 is 16.1 Å². The third-order valence-electron chi connectivity index (χ3n) is 7.12. The number of hydrogen-bond acceptors (Lipinski definition) is 11. The van der Waals surface area contributed by atoms with Gasteiger partial charge in [-0.15, -0.1) is 0 Å². The Morgan fingerprint density at radius 2 is 1.86 bits per heavy atom. The van der Waals surface area contributed by atoms with Gasteiger partial charge in [-0.25, -0.2) is 28.2 Å². The second-order valence-electron chi connectivity index (χ2n) is 10.7. The van der Waals surface area contributed by atoms with Crippen LogP contribution in [0.3, 0.4) is 0 Å². The Kier molecular flexibility index (Phi) is 9.52. The predicted octanol–water partition coefficient (Wildman–Crippen LogP) is 3.80. The van der Waals surface area contributed by atoms with Crippen LogP contribution in [0, 0.1) is 0 Å². The minimum absolute atomic E-state index is 0.0572. The number of para-hydroxylation sites is 1. The smallest absolute Gasteiger partial charge is 0.413 e. The summed E-state index contributed by atoms with van der Waals surface area (Å²) in [6.45, 7) is 5.58. The molecule has 1 atom stereocenters. The van der Waals surface area contributed by atoms with Crippen LogP contribution in [-0.2, 0) is 21.3 Å². The van der Waals surface area contributed by atoms with Crippen molar-refractivity contribution in [1.82, 2.24) is 29.1 Å². The molecule has 3 heterocycles. The van der Waals surface area contributed by atoms with Gasteiger partial charge in [0.05, 0.1) is 18.8 Å². The molecule has 2 aromatic heterocycles. The molecular weight excluding hydrogens is 589 g/mol. The van der Waals surface area contributed by atoms with Gasteiger partial charge >= 0.3 is 6.09 Å². The fraction of sp³-hybridized carbons (Fsp3) is 0.379. The van der Waals surface area contributed by atoms with E-state index in [4.69, 9.17) is 0 Å². The van der Waals surface area contributed by atoms with Gasteiger partial charge in [0.25, 0.3) is 10.0 Å². The monoisotopic (exact) mass is 624 g/mol. The minimum Gasteiger partial charge on any atom is -0.453 e. The highest BCUT2D eigenvalue weighted by Gasteiger charge is 2.31. The van der Waals surface area contributed by atoms with E-state index in [1.165, 1.54) is 23.2 Å². The first kappa shape index (κ1) is 30.8. The molecule has 1 unspecified atom stereocenters. The fourth-order valence-electron chi connectivity index (χ4n) is 5.16. The van der Waals surface area contributed by atoms with E-state index in [0.717, 1.165) is 52.3 Å². The number of rotatable bonds is 10. The van der Waals surface area contributed by atoms with Crippen molar-refractivity contribution in [3.8, 4) is 11.1 Å². The largest absolute Gasteiger partial charge is 0.453 e. The van der Waals surface area contributed by atoms with Gasteiger partial charge in [-0.05, 0) is 44.3 Å². The Balaban J connectivity index is 1.22. The number of ether oxygens (including phenoxy) is 1. The molecule has 2 aromatic carbocycles. The number of sulfonamides is 1. The predicted molar refractivity (Wildman–Crippen MR) is 169 cm³/mol. The molecule has 4 aromatic rings. The zero-order valence-electron chi connectivity index (χ0n) is 24.6. The standard InChI is InChI=1S/C29H36N8O4S2/c1-20(17-36-11-13-37(14-12-36)43(39,40)25-16-30-28(42-25)34-29(38)41-4)33-27-24-10-6-9-23(26(24)31-19-32-27)22-8-5-7-21(15-22)18-35(2)3/h5-10,15-16,19-20H,11-14,17-18H2,1-4H3,(H,30,34,38)(H,31,32,33). The molecule has 1 saturated heterocycles. The molecule has 2 N–H and O–H groups in total. The van der Waals surface area contributed by atoms with Gasteiger partial charge in [-0.1, -0.05) is 41.7 Å². The SMILES string of the molecule is COC(=O)Nc1ncc(S(=O)(=O)N2CCN(CC(C)Nc3ncnc4c(-c5cccc(CN(C)C)c5)cccc34)CC2)s1. The lowest BCUT2D eigenvalue weighted by Crippen LogP contribution is -2.50. The number of amides is 1. The van der Waals surface area contributed by atoms with Crippen molar-refractivity contribution in [2.75, 3.05) is 64.6 Å². The van der Waals surface area contributed by atoms with Gasteiger partial charge in [0.2, 0.25) is 0 Å². The summed E-state index contributed by atoms with van der Waals surface area (Å²) in [5.74, 6) is 0.770. The quantitative estimate of drug-likeness (QED) is 0.269. The van der Waals surface area contributed by atoms with Crippen molar-refractivity contribution < 1.29 is 17.9 Å². The Morgan fingerprint density at radius 3 is 2.60 bits per heavy atom. The topological polar surface area (TPSA) is 133 Å². The van der Waals surface area contributed by atoms with Gasteiger partial charge < -0.3 is 15.0 Å². The molecule has 1 fully saturated rings. The number of methoxy groups -OCH3 is 1. The molecule has 5 rings (SSSR count). The average Bonchev–Trinajstić information content (AvgIpc) is 3.46. The maximum Gasteiger partial charge on any atom is 0.413 e. The number of benzene rings is 2. The third-order valence-corrected chi connectivity index (χ3v) is 10.4. The number of fused-ring (bicyclic) bond motifs is 1. The zero-order chi connectivity index (χ0) is 30.6. The third kappa shape index (κ3) is 7.28. The molecule has 0 saturated carbocycles. The normalized spacial score (nSPS) is 15.5. The molecule has 0 bridgehead atoms. The Bertz CT molecular complexity index is 1690. The summed E-state index contributed by atoms with van der Waals surface area (Å²) < 4.78 is 32.4. The first-order valence-corrected chi connectivity index (χ1v) is 16.2. The average molecular weight is 625 g/mol. The van der Waals surface area contributed by atoms with Crippen LogP contribution in [0.5, 0.6) is 0 Å². The van der Waals surface area contributed by atoms with Crippen molar-refractivity contribution >= 4 is 49.3 Å². The number of nitrogens with one attached hydrogen (secondary N) is 2. The van der Waals surface area contributed by atoms with Crippen LogP contribution < -0.4 is 10.6 Å². The highest BCUT2D eigenvalue weighted by atomic mass is 32.2. The number of anilines is 2. The Labute approximate surface area is 255 Å². The number of nitrogens with zero attached hydrogens (tertiary/aromatic N) is 6.